The predicted molar refractivity (Wildman–Crippen MR) is 252 cm³/mol. The van der Waals surface area contributed by atoms with Crippen molar-refractivity contribution < 1.29 is 28.7 Å². The average molecular weight is 924 g/mol. The maximum absolute atomic E-state index is 13.7. The summed E-state index contributed by atoms with van der Waals surface area (Å²) in [5.41, 5.74) is 3.84. The smallest absolute Gasteiger partial charge is 0.293 e. The molecule has 3 N–H and O–H groups in total. The number of pyridine rings is 1. The van der Waals surface area contributed by atoms with E-state index >= 15 is 0 Å². The first-order valence-corrected chi connectivity index (χ1v) is 23.4. The third-order valence-electron chi connectivity index (χ3n) is 14.8. The Morgan fingerprint density at radius 2 is 1.74 bits per heavy atom. The number of ether oxygens (including phenoxy) is 2. The predicted octanol–water partition coefficient (Wildman–Crippen LogP) is 5.26. The van der Waals surface area contributed by atoms with Gasteiger partial charge in [0.1, 0.15) is 16.8 Å². The number of carbonyl (C=O) groups is 4. The zero-order valence-corrected chi connectivity index (χ0v) is 39.3. The molecule has 66 heavy (non-hydrogen) atoms. The van der Waals surface area contributed by atoms with Crippen LogP contribution in [0.5, 0.6) is 11.5 Å². The van der Waals surface area contributed by atoms with Crippen molar-refractivity contribution in [2.24, 2.45) is 11.3 Å². The zero-order chi connectivity index (χ0) is 46.7. The van der Waals surface area contributed by atoms with Crippen LogP contribution < -0.4 is 40.8 Å². The molecule has 1 atom stereocenters. The Kier molecular flexibility index (Phi) is 12.1. The van der Waals surface area contributed by atoms with Crippen molar-refractivity contribution in [2.75, 3.05) is 75.1 Å². The molecule has 1 unspecified atom stereocenters. The van der Waals surface area contributed by atoms with E-state index in [2.05, 4.69) is 49.5 Å². The molecular weight excluding hydrogens is 864 g/mol. The Morgan fingerprint density at radius 1 is 1.00 bits per heavy atom. The topological polar surface area (TPSA) is 184 Å². The van der Waals surface area contributed by atoms with Crippen LogP contribution in [0.4, 0.5) is 23.1 Å². The lowest BCUT2D eigenvalue weighted by Gasteiger charge is -2.58. The zero-order valence-electron chi connectivity index (χ0n) is 38.5. The fourth-order valence-electron chi connectivity index (χ4n) is 10.8. The van der Waals surface area contributed by atoms with Gasteiger partial charge < -0.3 is 39.4 Å². The van der Waals surface area contributed by atoms with Crippen LogP contribution in [-0.4, -0.2) is 120 Å². The highest BCUT2D eigenvalue weighted by Crippen LogP contribution is 2.48. The number of likely N-dealkylation sites (tertiary alicyclic amines) is 1. The number of anilines is 4. The molecular formula is C48H59ClN10O7. The van der Waals surface area contributed by atoms with Gasteiger partial charge in [-0.25, -0.2) is 4.98 Å². The third-order valence-corrected chi connectivity index (χ3v) is 15.1. The van der Waals surface area contributed by atoms with Crippen molar-refractivity contribution in [3.05, 3.63) is 69.1 Å². The normalized spacial score (nSPS) is 20.2. The van der Waals surface area contributed by atoms with E-state index < -0.39 is 11.9 Å². The van der Waals surface area contributed by atoms with Gasteiger partial charge in [-0.05, 0) is 109 Å². The monoisotopic (exact) mass is 922 g/mol. The van der Waals surface area contributed by atoms with Gasteiger partial charge in [-0.2, -0.15) is 4.98 Å². The Hall–Kier alpha value is -5.94. The number of nitrogens with one attached hydrogen (secondary N) is 3. The van der Waals surface area contributed by atoms with Gasteiger partial charge in [-0.15, -0.1) is 0 Å². The number of amides is 4. The van der Waals surface area contributed by atoms with E-state index in [0.717, 1.165) is 92.8 Å². The second-order valence-corrected chi connectivity index (χ2v) is 19.7. The molecule has 350 valence electrons. The van der Waals surface area contributed by atoms with E-state index in [1.165, 1.54) is 7.05 Å². The minimum Gasteiger partial charge on any atom is -0.497 e. The molecule has 0 aliphatic carbocycles. The Morgan fingerprint density at radius 3 is 2.42 bits per heavy atom. The van der Waals surface area contributed by atoms with Crippen molar-refractivity contribution in [2.45, 2.75) is 90.4 Å². The first-order chi connectivity index (χ1) is 31.6. The van der Waals surface area contributed by atoms with Crippen LogP contribution in [0.1, 0.15) is 88.2 Å². The number of likely N-dealkylation sites (N-methyl/N-ethyl adjacent to an activating group) is 1. The summed E-state index contributed by atoms with van der Waals surface area (Å²) in [6.45, 7) is 14.2. The second-order valence-electron chi connectivity index (χ2n) is 19.3. The van der Waals surface area contributed by atoms with E-state index in [9.17, 15) is 24.0 Å². The fourth-order valence-corrected chi connectivity index (χ4v) is 11.0. The minimum absolute atomic E-state index is 0.00213. The highest BCUT2D eigenvalue weighted by Gasteiger charge is 2.50. The summed E-state index contributed by atoms with van der Waals surface area (Å²) in [7, 11) is 3.12. The number of hydrogen-bond donors (Lipinski definition) is 3. The minimum atomic E-state index is -0.663. The van der Waals surface area contributed by atoms with Crippen molar-refractivity contribution in [3.8, 4) is 11.5 Å². The fraction of sp³-hybridized carbons (Fsp3) is 0.521. The maximum Gasteiger partial charge on any atom is 0.293 e. The Labute approximate surface area is 389 Å². The number of methoxy groups -OCH3 is 1. The summed E-state index contributed by atoms with van der Waals surface area (Å²) in [4.78, 5) is 81.8. The molecule has 4 aromatic rings. The summed E-state index contributed by atoms with van der Waals surface area (Å²) in [6.07, 6.45) is 6.36. The van der Waals surface area contributed by atoms with E-state index in [1.54, 1.807) is 34.9 Å². The lowest BCUT2D eigenvalue weighted by atomic mass is 9.69. The molecule has 2 aromatic carbocycles. The number of piperidine rings is 3. The molecule has 7 heterocycles. The molecule has 2 aromatic heterocycles. The van der Waals surface area contributed by atoms with Crippen LogP contribution in [0.3, 0.4) is 0 Å². The number of halogens is 1. The third kappa shape index (κ3) is 8.39. The van der Waals surface area contributed by atoms with Crippen LogP contribution in [0.2, 0.25) is 5.02 Å². The summed E-state index contributed by atoms with van der Waals surface area (Å²) in [5, 5.41) is 9.42. The molecule has 5 aliphatic rings. The Balaban J connectivity index is 0.811. The van der Waals surface area contributed by atoms with Gasteiger partial charge in [0.25, 0.3) is 17.4 Å². The van der Waals surface area contributed by atoms with E-state index in [-0.39, 0.29) is 59.1 Å². The number of fused-ring (bicyclic) bond motifs is 2. The van der Waals surface area contributed by atoms with E-state index in [1.807, 2.05) is 38.1 Å². The van der Waals surface area contributed by atoms with Crippen LogP contribution in [-0.2, 0) is 20.9 Å². The van der Waals surface area contributed by atoms with Gasteiger partial charge in [0.15, 0.2) is 18.2 Å². The number of benzene rings is 2. The van der Waals surface area contributed by atoms with Gasteiger partial charge in [-0.1, -0.05) is 11.6 Å². The molecule has 0 saturated carbocycles. The molecule has 0 radical (unpaired) electrons. The van der Waals surface area contributed by atoms with Gasteiger partial charge in [0.2, 0.25) is 17.8 Å². The van der Waals surface area contributed by atoms with Crippen LogP contribution in [0, 0.1) is 11.3 Å². The van der Waals surface area contributed by atoms with Gasteiger partial charge in [0.05, 0.1) is 24.4 Å². The average Bonchev–Trinajstić information content (AvgIpc) is 3.62. The molecule has 0 bridgehead atoms. The van der Waals surface area contributed by atoms with Crippen LogP contribution >= 0.6 is 11.6 Å². The summed E-state index contributed by atoms with van der Waals surface area (Å²) >= 11 is 6.67. The summed E-state index contributed by atoms with van der Waals surface area (Å²) in [5.74, 6) is 1.06. The van der Waals surface area contributed by atoms with Gasteiger partial charge in [-0.3, -0.25) is 34.2 Å². The van der Waals surface area contributed by atoms with Crippen molar-refractivity contribution in [1.82, 2.24) is 35.0 Å². The van der Waals surface area contributed by atoms with Crippen LogP contribution in [0.15, 0.2) is 47.4 Å². The number of rotatable bonds is 12. The molecule has 9 rings (SSSR count). The summed E-state index contributed by atoms with van der Waals surface area (Å²) in [6, 6.07) is 10.3. The first-order valence-electron chi connectivity index (χ1n) is 23.0. The quantitative estimate of drug-likeness (QED) is 0.157. The van der Waals surface area contributed by atoms with Gasteiger partial charge >= 0.3 is 0 Å². The van der Waals surface area contributed by atoms with Gasteiger partial charge in [0, 0.05) is 91.6 Å². The molecule has 5 aliphatic heterocycles. The number of hydrogen-bond acceptors (Lipinski definition) is 13. The molecule has 4 fully saturated rings. The standard InChI is InChI=1S/C48H59ClN10O7/c1-28(2)59-36-8-7-31(19-29(36)20-39(45(59)64)66-25-41(61)50-5)52-42-35(49)23-51-46(54-42)55-15-11-30(12-16-55)47(3,4)57-17-13-48(14-18-57)26-56(27-48)38-22-32(65-6)21-33-34(38)24-58(44(33)63)37-9-10-40(60)53-43(37)62/h7-8,19-23,28,30,37H,9-18,24-27H2,1-6H3,(H,50,61)(H,51,52,54)(H,53,60,62). The Bertz CT molecular complexity index is 2650. The maximum atomic E-state index is 13.7. The van der Waals surface area contributed by atoms with Crippen LogP contribution in [0.25, 0.3) is 10.9 Å². The molecule has 4 amide bonds. The lowest BCUT2D eigenvalue weighted by Crippen LogP contribution is -2.63. The number of imide groups is 1. The molecule has 18 heteroatoms. The van der Waals surface area contributed by atoms with E-state index in [4.69, 9.17) is 26.1 Å². The van der Waals surface area contributed by atoms with Crippen molar-refractivity contribution in [3.63, 3.8) is 0 Å². The number of aromatic nitrogens is 3. The first kappa shape index (κ1) is 45.2. The SMILES string of the molecule is CNC(=O)COc1cc2cc(Nc3nc(N4CCC(C(C)(C)N5CCC6(CC5)CN(c5cc(OC)cc7c5CN(C5CCC(=O)NC5=O)C7=O)C6)CC4)ncc3Cl)ccc2n(C(C)C)c1=O. The summed E-state index contributed by atoms with van der Waals surface area (Å²) < 4.78 is 12.9. The lowest BCUT2D eigenvalue weighted by molar-refractivity contribution is -0.137. The van der Waals surface area contributed by atoms with Crippen molar-refractivity contribution >= 4 is 69.3 Å². The molecule has 1 spiro atoms. The van der Waals surface area contributed by atoms with Crippen molar-refractivity contribution in [1.29, 1.82) is 0 Å². The number of nitrogens with zero attached hydrogens (tertiary/aromatic N) is 7. The van der Waals surface area contributed by atoms with E-state index in [0.29, 0.717) is 47.0 Å². The second kappa shape index (κ2) is 17.7. The highest BCUT2D eigenvalue weighted by molar-refractivity contribution is 6.33. The number of carbonyl (C=O) groups excluding carboxylic acids is 4. The molecule has 17 nitrogen and oxygen atoms in total. The largest absolute Gasteiger partial charge is 0.497 e. The highest BCUT2D eigenvalue weighted by atomic mass is 35.5. The molecule has 4 saturated heterocycles.